The summed E-state index contributed by atoms with van der Waals surface area (Å²) in [5.41, 5.74) is 0.945. The van der Waals surface area contributed by atoms with Gasteiger partial charge in [-0.05, 0) is 19.1 Å². The molecule has 0 spiro atoms. The highest BCUT2D eigenvalue weighted by molar-refractivity contribution is 6.21. The van der Waals surface area contributed by atoms with Crippen molar-refractivity contribution in [2.24, 2.45) is 0 Å². The molecule has 1 heterocycles. The molecule has 1 aromatic heterocycles. The zero-order valence-electron chi connectivity index (χ0n) is 7.53. The van der Waals surface area contributed by atoms with E-state index in [0.29, 0.717) is 11.5 Å². The molecule has 1 fully saturated rings. The highest BCUT2D eigenvalue weighted by Crippen LogP contribution is 2.30. The Balaban J connectivity index is 1.98. The standard InChI is InChI=1S/C10H12ClNO/c1-7-10(3-2-4-12-7)13-9-5-8(11)6-9/h2-4,8-9H,5-6H2,1H3. The quantitative estimate of drug-likeness (QED) is 0.680. The molecule has 70 valence electrons. The Labute approximate surface area is 82.9 Å². The van der Waals surface area contributed by atoms with Crippen molar-refractivity contribution < 1.29 is 4.74 Å². The Morgan fingerprint density at radius 1 is 1.54 bits per heavy atom. The van der Waals surface area contributed by atoms with Crippen molar-refractivity contribution >= 4 is 11.6 Å². The lowest BCUT2D eigenvalue weighted by molar-refractivity contribution is 0.122. The normalized spacial score (nSPS) is 26.6. The number of hydrogen-bond acceptors (Lipinski definition) is 2. The van der Waals surface area contributed by atoms with Crippen LogP contribution in [0.25, 0.3) is 0 Å². The lowest BCUT2D eigenvalue weighted by atomic mass is 9.95. The first-order chi connectivity index (χ1) is 6.25. The van der Waals surface area contributed by atoms with Gasteiger partial charge in [-0.15, -0.1) is 11.6 Å². The number of pyridine rings is 1. The van der Waals surface area contributed by atoms with E-state index in [1.807, 2.05) is 19.1 Å². The van der Waals surface area contributed by atoms with Crippen LogP contribution in [0.5, 0.6) is 5.75 Å². The lowest BCUT2D eigenvalue weighted by Gasteiger charge is -2.31. The molecule has 13 heavy (non-hydrogen) atoms. The molecule has 2 rings (SSSR count). The molecule has 0 unspecified atom stereocenters. The number of halogens is 1. The summed E-state index contributed by atoms with van der Waals surface area (Å²) in [7, 11) is 0. The minimum atomic E-state index is 0.297. The highest BCUT2D eigenvalue weighted by Gasteiger charge is 2.29. The van der Waals surface area contributed by atoms with Crippen LogP contribution in [0.2, 0.25) is 0 Å². The topological polar surface area (TPSA) is 22.1 Å². The zero-order chi connectivity index (χ0) is 9.26. The number of alkyl halides is 1. The molecule has 1 aromatic rings. The van der Waals surface area contributed by atoms with E-state index in [2.05, 4.69) is 4.98 Å². The van der Waals surface area contributed by atoms with E-state index in [-0.39, 0.29) is 0 Å². The SMILES string of the molecule is Cc1ncccc1OC1CC(Cl)C1. The van der Waals surface area contributed by atoms with E-state index in [0.717, 1.165) is 24.3 Å². The fourth-order valence-corrected chi connectivity index (χ4v) is 1.77. The molecular weight excluding hydrogens is 186 g/mol. The smallest absolute Gasteiger partial charge is 0.140 e. The van der Waals surface area contributed by atoms with Crippen molar-refractivity contribution in [2.45, 2.75) is 31.2 Å². The van der Waals surface area contributed by atoms with Gasteiger partial charge in [-0.1, -0.05) is 0 Å². The third kappa shape index (κ3) is 1.94. The van der Waals surface area contributed by atoms with Crippen molar-refractivity contribution in [1.29, 1.82) is 0 Å². The van der Waals surface area contributed by atoms with Crippen LogP contribution in [0.15, 0.2) is 18.3 Å². The molecule has 0 bridgehead atoms. The number of aryl methyl sites for hydroxylation is 1. The molecule has 0 aromatic carbocycles. The summed E-state index contributed by atoms with van der Waals surface area (Å²) in [6, 6.07) is 3.84. The number of hydrogen-bond donors (Lipinski definition) is 0. The van der Waals surface area contributed by atoms with Gasteiger partial charge in [0, 0.05) is 24.4 Å². The average molecular weight is 198 g/mol. The van der Waals surface area contributed by atoms with Crippen molar-refractivity contribution in [3.63, 3.8) is 0 Å². The molecule has 3 heteroatoms. The van der Waals surface area contributed by atoms with Gasteiger partial charge in [-0.25, -0.2) is 0 Å². The Bertz CT molecular complexity index is 297. The van der Waals surface area contributed by atoms with Crippen LogP contribution >= 0.6 is 11.6 Å². The molecule has 0 atom stereocenters. The van der Waals surface area contributed by atoms with Crippen molar-refractivity contribution in [1.82, 2.24) is 4.98 Å². The predicted octanol–water partition coefficient (Wildman–Crippen LogP) is 2.54. The van der Waals surface area contributed by atoms with E-state index < -0.39 is 0 Å². The van der Waals surface area contributed by atoms with Gasteiger partial charge in [-0.2, -0.15) is 0 Å². The van der Waals surface area contributed by atoms with Gasteiger partial charge >= 0.3 is 0 Å². The van der Waals surface area contributed by atoms with Crippen LogP contribution < -0.4 is 4.74 Å². The Hall–Kier alpha value is -0.760. The molecule has 1 saturated carbocycles. The third-order valence-corrected chi connectivity index (χ3v) is 2.65. The van der Waals surface area contributed by atoms with E-state index >= 15 is 0 Å². The summed E-state index contributed by atoms with van der Waals surface area (Å²) < 4.78 is 5.70. The van der Waals surface area contributed by atoms with Crippen LogP contribution in [0, 0.1) is 6.92 Å². The van der Waals surface area contributed by atoms with Crippen molar-refractivity contribution in [2.75, 3.05) is 0 Å². The molecule has 0 amide bonds. The second-order valence-electron chi connectivity index (χ2n) is 3.40. The first kappa shape index (κ1) is 8.82. The molecule has 0 aliphatic heterocycles. The third-order valence-electron chi connectivity index (χ3n) is 2.29. The van der Waals surface area contributed by atoms with E-state index in [4.69, 9.17) is 16.3 Å². The Kier molecular flexibility index (Phi) is 2.40. The molecular formula is C10H12ClNO. The van der Waals surface area contributed by atoms with Gasteiger partial charge in [0.25, 0.3) is 0 Å². The summed E-state index contributed by atoms with van der Waals surface area (Å²) >= 11 is 5.85. The summed E-state index contributed by atoms with van der Waals surface area (Å²) in [5, 5.41) is 0.307. The second-order valence-corrected chi connectivity index (χ2v) is 4.01. The minimum absolute atomic E-state index is 0.297. The monoisotopic (exact) mass is 197 g/mol. The van der Waals surface area contributed by atoms with Crippen LogP contribution in [0.1, 0.15) is 18.5 Å². The maximum atomic E-state index is 5.85. The van der Waals surface area contributed by atoms with Crippen LogP contribution in [-0.4, -0.2) is 16.5 Å². The second kappa shape index (κ2) is 3.54. The summed E-state index contributed by atoms with van der Waals surface area (Å²) in [6.45, 7) is 1.95. The van der Waals surface area contributed by atoms with Gasteiger partial charge < -0.3 is 4.74 Å². The average Bonchev–Trinajstić information content (AvgIpc) is 2.06. The molecule has 0 N–H and O–H groups in total. The van der Waals surface area contributed by atoms with Gasteiger partial charge in [-0.3, -0.25) is 4.98 Å². The first-order valence-corrected chi connectivity index (χ1v) is 4.91. The van der Waals surface area contributed by atoms with Gasteiger partial charge in [0.15, 0.2) is 0 Å². The van der Waals surface area contributed by atoms with E-state index in [9.17, 15) is 0 Å². The van der Waals surface area contributed by atoms with Gasteiger partial charge in [0.05, 0.1) is 5.69 Å². The predicted molar refractivity (Wildman–Crippen MR) is 52.3 cm³/mol. The summed E-state index contributed by atoms with van der Waals surface area (Å²) in [6.07, 6.45) is 3.98. The minimum Gasteiger partial charge on any atom is -0.488 e. The van der Waals surface area contributed by atoms with E-state index in [1.165, 1.54) is 0 Å². The fraction of sp³-hybridized carbons (Fsp3) is 0.500. The molecule has 1 aliphatic carbocycles. The maximum Gasteiger partial charge on any atom is 0.140 e. The number of aromatic nitrogens is 1. The fourth-order valence-electron chi connectivity index (χ4n) is 1.37. The van der Waals surface area contributed by atoms with Crippen molar-refractivity contribution in [3.05, 3.63) is 24.0 Å². The number of nitrogens with zero attached hydrogens (tertiary/aromatic N) is 1. The van der Waals surface area contributed by atoms with Crippen LogP contribution in [-0.2, 0) is 0 Å². The van der Waals surface area contributed by atoms with E-state index in [1.54, 1.807) is 6.20 Å². The van der Waals surface area contributed by atoms with Gasteiger partial charge in [0.1, 0.15) is 11.9 Å². The molecule has 0 saturated heterocycles. The maximum absolute atomic E-state index is 5.85. The molecule has 0 radical (unpaired) electrons. The Morgan fingerprint density at radius 2 is 2.31 bits per heavy atom. The van der Waals surface area contributed by atoms with Gasteiger partial charge in [0.2, 0.25) is 0 Å². The summed E-state index contributed by atoms with van der Waals surface area (Å²) in [5.74, 6) is 0.885. The molecule has 1 aliphatic rings. The largest absolute Gasteiger partial charge is 0.488 e. The number of rotatable bonds is 2. The zero-order valence-corrected chi connectivity index (χ0v) is 8.29. The molecule has 2 nitrogen and oxygen atoms in total. The van der Waals surface area contributed by atoms with Crippen molar-refractivity contribution in [3.8, 4) is 5.75 Å². The summed E-state index contributed by atoms with van der Waals surface area (Å²) in [4.78, 5) is 4.15. The Morgan fingerprint density at radius 3 is 2.92 bits per heavy atom. The number of ether oxygens (including phenoxy) is 1. The highest BCUT2D eigenvalue weighted by atomic mass is 35.5. The van der Waals surface area contributed by atoms with Crippen LogP contribution in [0.3, 0.4) is 0 Å². The lowest BCUT2D eigenvalue weighted by Crippen LogP contribution is -2.34. The first-order valence-electron chi connectivity index (χ1n) is 4.48. The van der Waals surface area contributed by atoms with Crippen LogP contribution in [0.4, 0.5) is 0 Å².